The molecular weight excluding hydrogens is 225 g/mol. The molecule has 0 fully saturated rings. The van der Waals surface area contributed by atoms with Gasteiger partial charge in [0.15, 0.2) is 0 Å². The molecule has 0 aliphatic carbocycles. The van der Waals surface area contributed by atoms with Crippen molar-refractivity contribution in [1.82, 2.24) is 0 Å². The summed E-state index contributed by atoms with van der Waals surface area (Å²) in [4.78, 5) is 0. The standard InChI is InChI=1S/C10H11F3O3/c11-10(12,13)16-8-3-1-2-7(6-8)9(15)4-5-14/h1-3,6,9,14-15H,4-5H2. The number of hydrogen-bond acceptors (Lipinski definition) is 3. The number of halogens is 3. The van der Waals surface area contributed by atoms with Gasteiger partial charge in [-0.05, 0) is 17.7 Å². The normalized spacial score (nSPS) is 13.6. The van der Waals surface area contributed by atoms with Crippen LogP contribution in [0.1, 0.15) is 18.1 Å². The van der Waals surface area contributed by atoms with Crippen LogP contribution in [0.15, 0.2) is 24.3 Å². The Hall–Kier alpha value is -1.27. The maximum Gasteiger partial charge on any atom is 0.573 e. The third-order valence-electron chi connectivity index (χ3n) is 1.88. The monoisotopic (exact) mass is 236 g/mol. The van der Waals surface area contributed by atoms with Crippen LogP contribution in [0.4, 0.5) is 13.2 Å². The van der Waals surface area contributed by atoms with E-state index >= 15 is 0 Å². The van der Waals surface area contributed by atoms with Crippen LogP contribution in [-0.2, 0) is 0 Å². The molecule has 3 nitrogen and oxygen atoms in total. The molecule has 0 bridgehead atoms. The van der Waals surface area contributed by atoms with Crippen LogP contribution >= 0.6 is 0 Å². The van der Waals surface area contributed by atoms with E-state index in [0.717, 1.165) is 12.1 Å². The van der Waals surface area contributed by atoms with Crippen molar-refractivity contribution in [3.63, 3.8) is 0 Å². The first kappa shape index (κ1) is 12.8. The third-order valence-corrected chi connectivity index (χ3v) is 1.88. The molecule has 0 aliphatic rings. The van der Waals surface area contributed by atoms with Gasteiger partial charge in [0, 0.05) is 13.0 Å². The topological polar surface area (TPSA) is 49.7 Å². The molecule has 1 aromatic carbocycles. The molecule has 1 atom stereocenters. The van der Waals surface area contributed by atoms with Crippen molar-refractivity contribution < 1.29 is 28.1 Å². The number of hydrogen-bond donors (Lipinski definition) is 2. The van der Waals surface area contributed by atoms with E-state index in [1.54, 1.807) is 0 Å². The van der Waals surface area contributed by atoms with Gasteiger partial charge in [0.2, 0.25) is 0 Å². The second-order valence-electron chi connectivity index (χ2n) is 3.15. The summed E-state index contributed by atoms with van der Waals surface area (Å²) in [7, 11) is 0. The average Bonchev–Trinajstić information content (AvgIpc) is 2.16. The molecule has 1 aromatic rings. The van der Waals surface area contributed by atoms with Gasteiger partial charge >= 0.3 is 6.36 Å². The van der Waals surface area contributed by atoms with E-state index in [2.05, 4.69) is 4.74 Å². The number of rotatable bonds is 4. The van der Waals surface area contributed by atoms with E-state index in [4.69, 9.17) is 5.11 Å². The van der Waals surface area contributed by atoms with Crippen molar-refractivity contribution >= 4 is 0 Å². The maximum atomic E-state index is 11.9. The molecule has 0 saturated carbocycles. The fourth-order valence-corrected chi connectivity index (χ4v) is 1.21. The Kier molecular flexibility index (Phi) is 4.14. The maximum absolute atomic E-state index is 11.9. The highest BCUT2D eigenvalue weighted by Crippen LogP contribution is 2.26. The minimum Gasteiger partial charge on any atom is -0.406 e. The first-order valence-corrected chi connectivity index (χ1v) is 4.57. The van der Waals surface area contributed by atoms with Crippen molar-refractivity contribution in [2.45, 2.75) is 18.9 Å². The summed E-state index contributed by atoms with van der Waals surface area (Å²) in [6, 6.07) is 5.04. The van der Waals surface area contributed by atoms with Gasteiger partial charge < -0.3 is 14.9 Å². The lowest BCUT2D eigenvalue weighted by Crippen LogP contribution is -2.17. The fourth-order valence-electron chi connectivity index (χ4n) is 1.21. The van der Waals surface area contributed by atoms with Crippen LogP contribution in [0.5, 0.6) is 5.75 Å². The van der Waals surface area contributed by atoms with Gasteiger partial charge in [0.1, 0.15) is 5.75 Å². The lowest BCUT2D eigenvalue weighted by atomic mass is 10.1. The summed E-state index contributed by atoms with van der Waals surface area (Å²) in [5, 5.41) is 18.0. The lowest BCUT2D eigenvalue weighted by molar-refractivity contribution is -0.274. The summed E-state index contributed by atoms with van der Waals surface area (Å²) in [6.07, 6.45) is -5.68. The molecule has 0 heterocycles. The van der Waals surface area contributed by atoms with Gasteiger partial charge in [-0.3, -0.25) is 0 Å². The lowest BCUT2D eigenvalue weighted by Gasteiger charge is -2.12. The molecular formula is C10H11F3O3. The second-order valence-corrected chi connectivity index (χ2v) is 3.15. The Morgan fingerprint density at radius 3 is 2.56 bits per heavy atom. The number of alkyl halides is 3. The Morgan fingerprint density at radius 2 is 2.00 bits per heavy atom. The zero-order valence-electron chi connectivity index (χ0n) is 8.24. The largest absolute Gasteiger partial charge is 0.573 e. The quantitative estimate of drug-likeness (QED) is 0.840. The molecule has 2 N–H and O–H groups in total. The van der Waals surface area contributed by atoms with E-state index in [-0.39, 0.29) is 24.3 Å². The molecule has 0 aromatic heterocycles. The molecule has 0 radical (unpaired) electrons. The van der Waals surface area contributed by atoms with E-state index in [1.165, 1.54) is 12.1 Å². The highest BCUT2D eigenvalue weighted by molar-refractivity contribution is 5.30. The minimum absolute atomic E-state index is 0.0650. The van der Waals surface area contributed by atoms with E-state index in [1.807, 2.05) is 0 Å². The Labute approximate surface area is 90.1 Å². The molecule has 0 aliphatic heterocycles. The van der Waals surface area contributed by atoms with Crippen molar-refractivity contribution in [3.8, 4) is 5.75 Å². The van der Waals surface area contributed by atoms with Crippen LogP contribution < -0.4 is 4.74 Å². The van der Waals surface area contributed by atoms with Crippen LogP contribution in [0.2, 0.25) is 0 Å². The minimum atomic E-state index is -4.75. The zero-order valence-corrected chi connectivity index (χ0v) is 8.24. The van der Waals surface area contributed by atoms with Gasteiger partial charge in [-0.2, -0.15) is 0 Å². The summed E-state index contributed by atoms with van der Waals surface area (Å²) in [6.45, 7) is -0.245. The van der Waals surface area contributed by atoms with Gasteiger partial charge in [0.25, 0.3) is 0 Å². The first-order valence-electron chi connectivity index (χ1n) is 4.57. The number of aliphatic hydroxyl groups excluding tert-OH is 2. The van der Waals surface area contributed by atoms with Crippen LogP contribution in [0.25, 0.3) is 0 Å². The second kappa shape index (κ2) is 5.18. The molecule has 90 valence electrons. The Morgan fingerprint density at radius 1 is 1.31 bits per heavy atom. The predicted molar refractivity (Wildman–Crippen MR) is 49.8 cm³/mol. The van der Waals surface area contributed by atoms with Gasteiger partial charge in [-0.1, -0.05) is 12.1 Å². The molecule has 16 heavy (non-hydrogen) atoms. The summed E-state index contributed by atoms with van der Waals surface area (Å²) < 4.78 is 39.4. The zero-order chi connectivity index (χ0) is 12.2. The third kappa shape index (κ3) is 4.08. The van der Waals surface area contributed by atoms with E-state index < -0.39 is 12.5 Å². The smallest absolute Gasteiger partial charge is 0.406 e. The van der Waals surface area contributed by atoms with Crippen LogP contribution in [0, 0.1) is 0 Å². The fraction of sp³-hybridized carbons (Fsp3) is 0.400. The first-order chi connectivity index (χ1) is 7.42. The Balaban J connectivity index is 2.78. The van der Waals surface area contributed by atoms with Crippen molar-refractivity contribution in [3.05, 3.63) is 29.8 Å². The summed E-state index contributed by atoms with van der Waals surface area (Å²) >= 11 is 0. The van der Waals surface area contributed by atoms with E-state index in [9.17, 15) is 18.3 Å². The highest BCUT2D eigenvalue weighted by Gasteiger charge is 2.31. The molecule has 0 saturated heterocycles. The number of ether oxygens (including phenoxy) is 1. The molecule has 0 spiro atoms. The van der Waals surface area contributed by atoms with Crippen molar-refractivity contribution in [2.75, 3.05) is 6.61 Å². The van der Waals surface area contributed by atoms with Crippen molar-refractivity contribution in [2.24, 2.45) is 0 Å². The van der Waals surface area contributed by atoms with Gasteiger partial charge in [-0.15, -0.1) is 13.2 Å². The number of benzene rings is 1. The van der Waals surface area contributed by atoms with E-state index in [0.29, 0.717) is 0 Å². The van der Waals surface area contributed by atoms with Crippen LogP contribution in [-0.4, -0.2) is 23.2 Å². The highest BCUT2D eigenvalue weighted by atomic mass is 19.4. The molecule has 1 rings (SSSR count). The van der Waals surface area contributed by atoms with Gasteiger partial charge in [-0.25, -0.2) is 0 Å². The van der Waals surface area contributed by atoms with Gasteiger partial charge in [0.05, 0.1) is 6.10 Å². The summed E-state index contributed by atoms with van der Waals surface area (Å²) in [5.41, 5.74) is 0.274. The SMILES string of the molecule is OCCC(O)c1cccc(OC(F)(F)F)c1. The number of aliphatic hydroxyl groups is 2. The van der Waals surface area contributed by atoms with Crippen LogP contribution in [0.3, 0.4) is 0 Å². The summed E-state index contributed by atoms with van der Waals surface area (Å²) in [5.74, 6) is -0.387. The molecule has 6 heteroatoms. The molecule has 1 unspecified atom stereocenters. The predicted octanol–water partition coefficient (Wildman–Crippen LogP) is 2.00. The molecule has 0 amide bonds. The van der Waals surface area contributed by atoms with Crippen molar-refractivity contribution in [1.29, 1.82) is 0 Å². The Bertz CT molecular complexity index is 338. The average molecular weight is 236 g/mol.